The van der Waals surface area contributed by atoms with Gasteiger partial charge in [-0.15, -0.1) is 0 Å². The molecule has 0 saturated heterocycles. The number of rotatable bonds is 2. The molecule has 0 N–H and O–H groups in total. The lowest BCUT2D eigenvalue weighted by Crippen LogP contribution is -2.47. The van der Waals surface area contributed by atoms with E-state index in [4.69, 9.17) is 12.2 Å². The zero-order valence-electron chi connectivity index (χ0n) is 15.4. The first-order valence-corrected chi connectivity index (χ1v) is 11.1. The highest BCUT2D eigenvalue weighted by atomic mass is 32.9. The third kappa shape index (κ3) is 2.80. The molecular weight excluding hydrogens is 412 g/mol. The molecule has 28 heavy (non-hydrogen) atoms. The van der Waals surface area contributed by atoms with Crippen LogP contribution in [0, 0.1) is 20.9 Å². The number of fused-ring (bicyclic) bond motifs is 3. The standard InChI is InChI=1S/C20H16N2O3S3/c1-11-4-9-15-14(10-11)16-17(27-28-19(16)26)20(2,3)21(15)18(23)12-5-7-13(8-6-12)22(24)25/h4-10H,1-3H3. The Balaban J connectivity index is 1.90. The fourth-order valence-electron chi connectivity index (χ4n) is 3.56. The number of nitro groups is 1. The average Bonchev–Trinajstić information content (AvgIpc) is 3.05. The van der Waals surface area contributed by atoms with E-state index < -0.39 is 10.5 Å². The van der Waals surface area contributed by atoms with E-state index in [0.29, 0.717) is 5.56 Å². The van der Waals surface area contributed by atoms with Gasteiger partial charge in [0.2, 0.25) is 0 Å². The summed E-state index contributed by atoms with van der Waals surface area (Å²) in [6, 6.07) is 11.7. The number of hydrogen-bond acceptors (Lipinski definition) is 6. The smallest absolute Gasteiger partial charge is 0.269 e. The van der Waals surface area contributed by atoms with Gasteiger partial charge in [-0.1, -0.05) is 44.5 Å². The highest BCUT2D eigenvalue weighted by Crippen LogP contribution is 2.52. The molecule has 2 aromatic carbocycles. The second-order valence-corrected chi connectivity index (χ2v) is 10.00. The predicted octanol–water partition coefficient (Wildman–Crippen LogP) is 6.32. The Morgan fingerprint density at radius 3 is 2.46 bits per heavy atom. The molecule has 3 aromatic rings. The molecule has 0 unspecified atom stereocenters. The van der Waals surface area contributed by atoms with Crippen LogP contribution in [-0.2, 0) is 5.54 Å². The van der Waals surface area contributed by atoms with Crippen molar-refractivity contribution in [2.45, 2.75) is 26.3 Å². The number of nitro benzene ring substituents is 1. The number of benzene rings is 2. The number of carbonyl (C=O) groups excluding carboxylic acids is 1. The van der Waals surface area contributed by atoms with Gasteiger partial charge in [0.05, 0.1) is 21.0 Å². The molecule has 1 aromatic heterocycles. The largest absolute Gasteiger partial charge is 0.297 e. The fraction of sp³-hybridized carbons (Fsp3) is 0.200. The van der Waals surface area contributed by atoms with Crippen LogP contribution < -0.4 is 4.90 Å². The van der Waals surface area contributed by atoms with Crippen LogP contribution in [-0.4, -0.2) is 10.8 Å². The second kappa shape index (κ2) is 6.58. The van der Waals surface area contributed by atoms with Crippen LogP contribution in [0.25, 0.3) is 11.1 Å². The van der Waals surface area contributed by atoms with Crippen LogP contribution in [0.15, 0.2) is 42.5 Å². The molecule has 5 nitrogen and oxygen atoms in total. The van der Waals surface area contributed by atoms with Crippen LogP contribution in [0.2, 0.25) is 0 Å². The number of anilines is 1. The first-order chi connectivity index (χ1) is 13.2. The minimum atomic E-state index is -0.589. The SMILES string of the molecule is Cc1ccc2c(c1)-c1c(ssc1=S)C(C)(C)N2C(=O)c1ccc([N+](=O)[O-])cc1. The number of nitrogens with zero attached hydrogens (tertiary/aromatic N) is 2. The summed E-state index contributed by atoms with van der Waals surface area (Å²) >= 11 is 5.59. The van der Waals surface area contributed by atoms with E-state index in [2.05, 4.69) is 6.07 Å². The van der Waals surface area contributed by atoms with E-state index in [1.165, 1.54) is 24.3 Å². The Morgan fingerprint density at radius 2 is 1.82 bits per heavy atom. The molecule has 8 heteroatoms. The maximum Gasteiger partial charge on any atom is 0.269 e. The molecule has 2 heterocycles. The molecule has 0 spiro atoms. The topological polar surface area (TPSA) is 63.5 Å². The van der Waals surface area contributed by atoms with Crippen molar-refractivity contribution in [2.75, 3.05) is 4.90 Å². The van der Waals surface area contributed by atoms with E-state index in [1.54, 1.807) is 25.6 Å². The zero-order chi connectivity index (χ0) is 20.2. The lowest BCUT2D eigenvalue weighted by Gasteiger charge is -2.43. The summed E-state index contributed by atoms with van der Waals surface area (Å²) in [4.78, 5) is 26.8. The summed E-state index contributed by atoms with van der Waals surface area (Å²) in [6.45, 7) is 6.03. The van der Waals surface area contributed by atoms with Crippen molar-refractivity contribution in [1.82, 2.24) is 0 Å². The highest BCUT2D eigenvalue weighted by Gasteiger charge is 2.43. The van der Waals surface area contributed by atoms with Crippen molar-refractivity contribution in [3.8, 4) is 11.1 Å². The van der Waals surface area contributed by atoms with Crippen LogP contribution in [0.3, 0.4) is 0 Å². The Morgan fingerprint density at radius 1 is 1.14 bits per heavy atom. The number of carbonyl (C=O) groups is 1. The minimum Gasteiger partial charge on any atom is -0.297 e. The molecule has 4 rings (SSSR count). The number of amides is 1. The van der Waals surface area contributed by atoms with Crippen molar-refractivity contribution >= 4 is 50.2 Å². The van der Waals surface area contributed by atoms with Crippen molar-refractivity contribution in [2.24, 2.45) is 0 Å². The molecule has 142 valence electrons. The average molecular weight is 429 g/mol. The molecule has 1 aliphatic heterocycles. The summed E-state index contributed by atoms with van der Waals surface area (Å²) in [5, 5.41) is 10.9. The van der Waals surface area contributed by atoms with Gasteiger partial charge in [0.15, 0.2) is 0 Å². The van der Waals surface area contributed by atoms with Gasteiger partial charge in [-0.05, 0) is 45.0 Å². The van der Waals surface area contributed by atoms with Crippen molar-refractivity contribution in [3.05, 3.63) is 72.4 Å². The number of non-ortho nitro benzene ring substituents is 1. The maximum atomic E-state index is 13.5. The molecule has 0 saturated carbocycles. The molecule has 0 bridgehead atoms. The van der Waals surface area contributed by atoms with Crippen molar-refractivity contribution in [3.63, 3.8) is 0 Å². The van der Waals surface area contributed by atoms with Crippen LogP contribution >= 0.6 is 32.9 Å². The molecule has 0 aliphatic carbocycles. The lowest BCUT2D eigenvalue weighted by molar-refractivity contribution is -0.384. The van der Waals surface area contributed by atoms with E-state index >= 15 is 0 Å². The Labute approximate surface area is 174 Å². The van der Waals surface area contributed by atoms with E-state index in [0.717, 1.165) is 31.1 Å². The van der Waals surface area contributed by atoms with E-state index in [9.17, 15) is 14.9 Å². The van der Waals surface area contributed by atoms with Gasteiger partial charge >= 0.3 is 0 Å². The summed E-state index contributed by atoms with van der Waals surface area (Å²) in [6.07, 6.45) is 0. The first-order valence-electron chi connectivity index (χ1n) is 8.55. The van der Waals surface area contributed by atoms with Gasteiger partial charge in [0.25, 0.3) is 11.6 Å². The third-order valence-corrected chi connectivity index (χ3v) is 8.27. The molecule has 0 atom stereocenters. The van der Waals surface area contributed by atoms with Gasteiger partial charge in [0.1, 0.15) is 3.82 Å². The summed E-state index contributed by atoms with van der Waals surface area (Å²) in [7, 11) is 3.16. The minimum absolute atomic E-state index is 0.0384. The molecule has 0 fully saturated rings. The predicted molar refractivity (Wildman–Crippen MR) is 116 cm³/mol. The molecule has 0 radical (unpaired) electrons. The molecular formula is C20H16N2O3S3. The normalized spacial score (nSPS) is 14.3. The van der Waals surface area contributed by atoms with Crippen molar-refractivity contribution < 1.29 is 9.72 Å². The van der Waals surface area contributed by atoms with E-state index in [-0.39, 0.29) is 11.6 Å². The van der Waals surface area contributed by atoms with Crippen LogP contribution in [0.5, 0.6) is 0 Å². The fourth-order valence-corrected chi connectivity index (χ4v) is 6.84. The molecule has 1 amide bonds. The van der Waals surface area contributed by atoms with Gasteiger partial charge < -0.3 is 0 Å². The van der Waals surface area contributed by atoms with Gasteiger partial charge in [0, 0.05) is 28.8 Å². The Hall–Kier alpha value is -2.42. The van der Waals surface area contributed by atoms with Gasteiger partial charge in [-0.2, -0.15) is 0 Å². The number of hydrogen-bond donors (Lipinski definition) is 0. The quantitative estimate of drug-likeness (QED) is 0.207. The van der Waals surface area contributed by atoms with Gasteiger partial charge in [-0.3, -0.25) is 19.8 Å². The second-order valence-electron chi connectivity index (χ2n) is 7.18. The lowest BCUT2D eigenvalue weighted by atomic mass is 9.86. The molecule has 1 aliphatic rings. The summed E-state index contributed by atoms with van der Waals surface area (Å²) < 4.78 is 0.836. The zero-order valence-corrected chi connectivity index (χ0v) is 17.8. The maximum absolute atomic E-state index is 13.5. The monoisotopic (exact) mass is 428 g/mol. The highest BCUT2D eigenvalue weighted by molar-refractivity contribution is 7.80. The van der Waals surface area contributed by atoms with Crippen LogP contribution in [0.4, 0.5) is 11.4 Å². The van der Waals surface area contributed by atoms with Crippen molar-refractivity contribution in [1.29, 1.82) is 0 Å². The van der Waals surface area contributed by atoms with Crippen LogP contribution in [0.1, 0.15) is 34.6 Å². The van der Waals surface area contributed by atoms with E-state index in [1.807, 2.05) is 32.9 Å². The number of aryl methyl sites for hydroxylation is 1. The summed E-state index contributed by atoms with van der Waals surface area (Å²) in [5.74, 6) is -0.194. The Bertz CT molecular complexity index is 1180. The third-order valence-electron chi connectivity index (χ3n) is 4.94. The Kier molecular flexibility index (Phi) is 4.45. The summed E-state index contributed by atoms with van der Waals surface area (Å²) in [5.41, 5.74) is 3.69. The first kappa shape index (κ1) is 18.9. The van der Waals surface area contributed by atoms with Gasteiger partial charge in [-0.25, -0.2) is 0 Å².